The number of allylic oxidation sites excluding steroid dienone is 1. The van der Waals surface area contributed by atoms with E-state index < -0.39 is 12.0 Å². The first-order chi connectivity index (χ1) is 20.4. The van der Waals surface area contributed by atoms with Crippen LogP contribution >= 0.6 is 34.7 Å². The van der Waals surface area contributed by atoms with E-state index in [0.29, 0.717) is 37.1 Å². The summed E-state index contributed by atoms with van der Waals surface area (Å²) in [5, 5.41) is 0.642. The highest BCUT2D eigenvalue weighted by atomic mass is 35.5. The van der Waals surface area contributed by atoms with Crippen LogP contribution in [0.1, 0.15) is 29.9 Å². The Morgan fingerprint density at radius 1 is 1.05 bits per heavy atom. The Bertz CT molecular complexity index is 1970. The largest absolute Gasteiger partial charge is 0.457 e. The first-order valence-electron chi connectivity index (χ1n) is 13.1. The van der Waals surface area contributed by atoms with Crippen LogP contribution in [0.15, 0.2) is 121 Å². The molecule has 0 spiro atoms. The molecule has 1 atom stereocenters. The van der Waals surface area contributed by atoms with E-state index in [-0.39, 0.29) is 12.2 Å². The van der Waals surface area contributed by atoms with Crippen molar-refractivity contribution in [3.05, 3.63) is 144 Å². The normalized spacial score (nSPS) is 14.9. The summed E-state index contributed by atoms with van der Waals surface area (Å²) in [6.45, 7) is 1.90. The number of aromatic nitrogens is 1. The van der Waals surface area contributed by atoms with Crippen molar-refractivity contribution in [2.45, 2.75) is 24.5 Å². The minimum Gasteiger partial charge on any atom is -0.457 e. The van der Waals surface area contributed by atoms with Crippen LogP contribution in [0.3, 0.4) is 0 Å². The smallest absolute Gasteiger partial charge is 0.338 e. The SMILES string of the molecule is CSc1ccc(C2C(C(=O)OCc3ccccc3)=C(C)N=c3sc(=Cc4ccc(-c5ccc(Cl)cc5)o4)c(=O)n32)cc1. The molecule has 6 rings (SSSR count). The maximum atomic E-state index is 13.9. The lowest BCUT2D eigenvalue weighted by Crippen LogP contribution is -2.39. The van der Waals surface area contributed by atoms with Crippen LogP contribution in [0.25, 0.3) is 17.4 Å². The van der Waals surface area contributed by atoms with Crippen molar-refractivity contribution in [3.8, 4) is 11.3 Å². The van der Waals surface area contributed by atoms with Crippen molar-refractivity contribution in [3.63, 3.8) is 0 Å². The zero-order valence-corrected chi connectivity index (χ0v) is 25.1. The van der Waals surface area contributed by atoms with E-state index in [0.717, 1.165) is 21.6 Å². The molecule has 0 amide bonds. The first kappa shape index (κ1) is 28.0. The zero-order valence-electron chi connectivity index (χ0n) is 22.7. The van der Waals surface area contributed by atoms with Gasteiger partial charge in [0, 0.05) is 21.6 Å². The Hall–Kier alpha value is -4.11. The molecule has 0 aliphatic carbocycles. The van der Waals surface area contributed by atoms with Gasteiger partial charge in [-0.15, -0.1) is 11.8 Å². The number of ether oxygens (including phenoxy) is 1. The van der Waals surface area contributed by atoms with Crippen molar-refractivity contribution < 1.29 is 13.9 Å². The third-order valence-electron chi connectivity index (χ3n) is 6.91. The van der Waals surface area contributed by atoms with Crippen molar-refractivity contribution >= 4 is 46.7 Å². The summed E-state index contributed by atoms with van der Waals surface area (Å²) in [6, 6.07) is 27.7. The number of nitrogens with zero attached hydrogens (tertiary/aromatic N) is 2. The van der Waals surface area contributed by atoms with Crippen LogP contribution in [-0.4, -0.2) is 16.8 Å². The van der Waals surface area contributed by atoms with E-state index in [1.165, 1.54) is 11.3 Å². The van der Waals surface area contributed by atoms with Crippen molar-refractivity contribution in [2.75, 3.05) is 6.26 Å². The second-order valence-corrected chi connectivity index (χ2v) is 12.0. The molecule has 0 N–H and O–H groups in total. The molecule has 0 fully saturated rings. The van der Waals surface area contributed by atoms with Gasteiger partial charge in [-0.25, -0.2) is 9.79 Å². The van der Waals surface area contributed by atoms with Gasteiger partial charge in [0.1, 0.15) is 18.1 Å². The van der Waals surface area contributed by atoms with Gasteiger partial charge in [0.15, 0.2) is 4.80 Å². The number of esters is 1. The van der Waals surface area contributed by atoms with Gasteiger partial charge in [0.25, 0.3) is 5.56 Å². The fourth-order valence-corrected chi connectivity index (χ4v) is 6.37. The average Bonchev–Trinajstić information content (AvgIpc) is 3.60. The summed E-state index contributed by atoms with van der Waals surface area (Å²) in [5.41, 5.74) is 3.14. The summed E-state index contributed by atoms with van der Waals surface area (Å²) in [7, 11) is 0. The number of carbonyl (C=O) groups is 1. The fourth-order valence-electron chi connectivity index (χ4n) is 4.81. The van der Waals surface area contributed by atoms with Gasteiger partial charge in [0.05, 0.1) is 21.8 Å². The van der Waals surface area contributed by atoms with Gasteiger partial charge in [-0.2, -0.15) is 0 Å². The quantitative estimate of drug-likeness (QED) is 0.153. The van der Waals surface area contributed by atoms with Gasteiger partial charge < -0.3 is 9.15 Å². The van der Waals surface area contributed by atoms with E-state index in [2.05, 4.69) is 4.99 Å². The van der Waals surface area contributed by atoms with Crippen LogP contribution in [0.2, 0.25) is 5.02 Å². The van der Waals surface area contributed by atoms with Gasteiger partial charge >= 0.3 is 5.97 Å². The highest BCUT2D eigenvalue weighted by molar-refractivity contribution is 7.98. The number of hydrogen-bond donors (Lipinski definition) is 0. The third kappa shape index (κ3) is 5.66. The molecule has 9 heteroatoms. The number of hydrogen-bond acceptors (Lipinski definition) is 7. The van der Waals surface area contributed by atoms with Crippen LogP contribution in [0.4, 0.5) is 0 Å². The second kappa shape index (κ2) is 12.0. The number of thiazole rings is 1. The van der Waals surface area contributed by atoms with Crippen LogP contribution < -0.4 is 14.9 Å². The predicted octanol–water partition coefficient (Wildman–Crippen LogP) is 6.61. The van der Waals surface area contributed by atoms with Gasteiger partial charge in [-0.3, -0.25) is 9.36 Å². The lowest BCUT2D eigenvalue weighted by molar-refractivity contribution is -0.140. The van der Waals surface area contributed by atoms with Gasteiger partial charge in [-0.05, 0) is 72.8 Å². The molecule has 0 saturated carbocycles. The Morgan fingerprint density at radius 3 is 2.50 bits per heavy atom. The molecule has 42 heavy (non-hydrogen) atoms. The molecule has 0 saturated heterocycles. The van der Waals surface area contributed by atoms with Crippen molar-refractivity contribution in [1.29, 1.82) is 0 Å². The Morgan fingerprint density at radius 2 is 1.79 bits per heavy atom. The molecule has 1 aliphatic heterocycles. The number of carbonyl (C=O) groups excluding carboxylic acids is 1. The third-order valence-corrected chi connectivity index (χ3v) is 8.89. The van der Waals surface area contributed by atoms with Crippen LogP contribution in [0.5, 0.6) is 0 Å². The second-order valence-electron chi connectivity index (χ2n) is 9.63. The maximum absolute atomic E-state index is 13.9. The molecule has 1 aliphatic rings. The molecule has 3 heterocycles. The Labute approximate surface area is 255 Å². The van der Waals surface area contributed by atoms with E-state index in [1.54, 1.807) is 41.5 Å². The Balaban J connectivity index is 1.41. The van der Waals surface area contributed by atoms with E-state index in [4.69, 9.17) is 20.8 Å². The summed E-state index contributed by atoms with van der Waals surface area (Å²) in [4.78, 5) is 33.8. The molecule has 5 aromatic rings. The molecule has 2 aromatic heterocycles. The summed E-state index contributed by atoms with van der Waals surface area (Å²) >= 11 is 8.90. The summed E-state index contributed by atoms with van der Waals surface area (Å²) in [5.74, 6) is 0.688. The molecule has 3 aromatic carbocycles. The molecular weight excluding hydrogens is 588 g/mol. The summed E-state index contributed by atoms with van der Waals surface area (Å²) < 4.78 is 13.8. The Kier molecular flexibility index (Phi) is 8.02. The molecule has 210 valence electrons. The van der Waals surface area contributed by atoms with E-state index >= 15 is 0 Å². The lowest BCUT2D eigenvalue weighted by Gasteiger charge is -2.25. The fraction of sp³-hybridized carbons (Fsp3) is 0.121. The number of halogens is 1. The number of benzene rings is 3. The topological polar surface area (TPSA) is 73.8 Å². The number of fused-ring (bicyclic) bond motifs is 1. The lowest BCUT2D eigenvalue weighted by atomic mass is 9.96. The molecule has 1 unspecified atom stereocenters. The molecule has 0 bridgehead atoms. The van der Waals surface area contributed by atoms with Crippen LogP contribution in [-0.2, 0) is 16.1 Å². The van der Waals surface area contributed by atoms with E-state index in [1.807, 2.05) is 85.1 Å². The molecule has 6 nitrogen and oxygen atoms in total. The summed E-state index contributed by atoms with van der Waals surface area (Å²) in [6.07, 6.45) is 3.71. The predicted molar refractivity (Wildman–Crippen MR) is 167 cm³/mol. The van der Waals surface area contributed by atoms with Gasteiger partial charge in [0.2, 0.25) is 0 Å². The van der Waals surface area contributed by atoms with Gasteiger partial charge in [-0.1, -0.05) is 65.4 Å². The maximum Gasteiger partial charge on any atom is 0.338 e. The highest BCUT2D eigenvalue weighted by Gasteiger charge is 2.33. The number of thioether (sulfide) groups is 1. The number of furan rings is 1. The molecular formula is C33H25ClN2O4S2. The number of rotatable bonds is 7. The monoisotopic (exact) mass is 612 g/mol. The minimum absolute atomic E-state index is 0.119. The standard InChI is InChI=1S/C33H25ClN2O4S2/c1-20-29(32(38)39-19-21-6-4-3-5-7-21)30(23-10-15-26(41-2)16-11-23)36-31(37)28(42-33(36)35-20)18-25-14-17-27(40-25)22-8-12-24(34)13-9-22/h3-18,30H,19H2,1-2H3. The average molecular weight is 613 g/mol. The highest BCUT2D eigenvalue weighted by Crippen LogP contribution is 2.32. The van der Waals surface area contributed by atoms with Crippen LogP contribution in [0, 0.1) is 0 Å². The van der Waals surface area contributed by atoms with Crippen molar-refractivity contribution in [2.24, 2.45) is 4.99 Å². The van der Waals surface area contributed by atoms with Crippen molar-refractivity contribution in [1.82, 2.24) is 4.57 Å². The molecule has 0 radical (unpaired) electrons. The minimum atomic E-state index is -0.691. The first-order valence-corrected chi connectivity index (χ1v) is 15.6. The van der Waals surface area contributed by atoms with E-state index in [9.17, 15) is 9.59 Å². The zero-order chi connectivity index (χ0) is 29.2.